The molecule has 1 aromatic rings. The van der Waals surface area contributed by atoms with E-state index in [1.54, 1.807) is 0 Å². The molecule has 1 aliphatic rings. The molecule has 0 aliphatic heterocycles. The Morgan fingerprint density at radius 1 is 1.45 bits per heavy atom. The van der Waals surface area contributed by atoms with Gasteiger partial charge in [0.15, 0.2) is 5.82 Å². The molecule has 20 heavy (non-hydrogen) atoms. The van der Waals surface area contributed by atoms with Gasteiger partial charge in [0.25, 0.3) is 0 Å². The van der Waals surface area contributed by atoms with Crippen molar-refractivity contribution in [2.45, 2.75) is 37.6 Å². The lowest BCUT2D eigenvalue weighted by Crippen LogP contribution is -2.36. The number of benzene rings is 1. The summed E-state index contributed by atoms with van der Waals surface area (Å²) in [5.74, 6) is -0.605. The van der Waals surface area contributed by atoms with Crippen molar-refractivity contribution in [2.24, 2.45) is 5.92 Å². The van der Waals surface area contributed by atoms with E-state index in [9.17, 15) is 12.8 Å². The van der Waals surface area contributed by atoms with Crippen LogP contribution >= 0.6 is 15.9 Å². The van der Waals surface area contributed by atoms with Gasteiger partial charge in [0.05, 0.1) is 4.47 Å². The number of hydrogen-bond acceptors (Lipinski definition) is 3. The lowest BCUT2D eigenvalue weighted by Gasteiger charge is -2.24. The molecule has 0 atom stereocenters. The number of rotatable bonds is 5. The predicted molar refractivity (Wildman–Crippen MR) is 80.3 cm³/mol. The van der Waals surface area contributed by atoms with Crippen LogP contribution in [-0.4, -0.2) is 25.3 Å². The summed E-state index contributed by atoms with van der Waals surface area (Å²) >= 11 is 3.00. The fourth-order valence-corrected chi connectivity index (χ4v) is 4.64. The van der Waals surface area contributed by atoms with Crippen LogP contribution in [0.1, 0.15) is 26.7 Å². The van der Waals surface area contributed by atoms with Gasteiger partial charge in [0, 0.05) is 18.3 Å². The van der Waals surface area contributed by atoms with Gasteiger partial charge in [-0.3, -0.25) is 0 Å². The summed E-state index contributed by atoms with van der Waals surface area (Å²) in [4.78, 5) is -0.350. The topological polar surface area (TPSA) is 63.4 Å². The third-order valence-electron chi connectivity index (χ3n) is 3.10. The molecule has 1 fully saturated rings. The van der Waals surface area contributed by atoms with Gasteiger partial charge >= 0.3 is 0 Å². The van der Waals surface area contributed by atoms with E-state index >= 15 is 0 Å². The maximum Gasteiger partial charge on any atom is 0.246 e. The zero-order valence-corrected chi connectivity index (χ0v) is 13.8. The molecule has 0 bridgehead atoms. The normalized spacial score (nSPS) is 16.1. The Morgan fingerprint density at radius 2 is 2.05 bits per heavy atom. The third kappa shape index (κ3) is 3.15. The van der Waals surface area contributed by atoms with Gasteiger partial charge in [-0.1, -0.05) is 13.8 Å². The van der Waals surface area contributed by atoms with Crippen LogP contribution < -0.4 is 5.73 Å². The Bertz CT molecular complexity index is 615. The van der Waals surface area contributed by atoms with Crippen LogP contribution in [0.5, 0.6) is 0 Å². The van der Waals surface area contributed by atoms with Crippen molar-refractivity contribution < 1.29 is 12.8 Å². The smallest absolute Gasteiger partial charge is 0.246 e. The fraction of sp³-hybridized carbons (Fsp3) is 0.538. The molecule has 0 saturated heterocycles. The second-order valence-electron chi connectivity index (χ2n) is 5.51. The van der Waals surface area contributed by atoms with Crippen LogP contribution in [-0.2, 0) is 10.0 Å². The molecule has 0 unspecified atom stereocenters. The first kappa shape index (κ1) is 15.7. The van der Waals surface area contributed by atoms with E-state index in [0.717, 1.165) is 12.8 Å². The van der Waals surface area contributed by atoms with Gasteiger partial charge in [-0.25, -0.2) is 12.8 Å². The van der Waals surface area contributed by atoms with Crippen molar-refractivity contribution in [3.8, 4) is 0 Å². The first-order valence-corrected chi connectivity index (χ1v) is 8.73. The molecule has 0 aromatic heterocycles. The predicted octanol–water partition coefficient (Wildman–Crippen LogP) is 2.98. The van der Waals surface area contributed by atoms with Gasteiger partial charge in [-0.05, 0) is 46.8 Å². The average molecular weight is 365 g/mol. The van der Waals surface area contributed by atoms with E-state index < -0.39 is 15.8 Å². The summed E-state index contributed by atoms with van der Waals surface area (Å²) in [6, 6.07) is 2.53. The molecule has 4 nitrogen and oxygen atoms in total. The van der Waals surface area contributed by atoms with E-state index in [4.69, 9.17) is 5.73 Å². The molecular weight excluding hydrogens is 347 g/mol. The quantitative estimate of drug-likeness (QED) is 0.816. The van der Waals surface area contributed by atoms with E-state index in [-0.39, 0.29) is 27.0 Å². The number of nitrogens with zero attached hydrogens (tertiary/aromatic N) is 1. The first-order valence-electron chi connectivity index (χ1n) is 6.50. The van der Waals surface area contributed by atoms with Crippen LogP contribution in [0, 0.1) is 11.7 Å². The monoisotopic (exact) mass is 364 g/mol. The third-order valence-corrected chi connectivity index (χ3v) is 5.60. The summed E-state index contributed by atoms with van der Waals surface area (Å²) in [6.07, 6.45) is 1.66. The molecular formula is C13H18BrFN2O2S. The van der Waals surface area contributed by atoms with Gasteiger partial charge < -0.3 is 5.73 Å². The van der Waals surface area contributed by atoms with E-state index in [1.807, 2.05) is 13.8 Å². The summed E-state index contributed by atoms with van der Waals surface area (Å²) in [5.41, 5.74) is 5.86. The van der Waals surface area contributed by atoms with Crippen molar-refractivity contribution in [2.75, 3.05) is 12.3 Å². The minimum absolute atomic E-state index is 0.0120. The number of nitrogen functional groups attached to an aromatic ring is 1. The summed E-state index contributed by atoms with van der Waals surface area (Å²) in [6.45, 7) is 4.27. The Balaban J connectivity index is 2.48. The second kappa shape index (κ2) is 5.61. The number of sulfonamides is 1. The molecule has 0 amide bonds. The molecule has 0 heterocycles. The van der Waals surface area contributed by atoms with Crippen molar-refractivity contribution in [1.29, 1.82) is 0 Å². The molecule has 2 rings (SSSR count). The van der Waals surface area contributed by atoms with Crippen molar-refractivity contribution in [1.82, 2.24) is 4.31 Å². The SMILES string of the molecule is CC(C)CN(C1CC1)S(=O)(=O)c1cc(N)cc(Br)c1F. The Kier molecular flexibility index (Phi) is 4.41. The lowest BCUT2D eigenvalue weighted by molar-refractivity contribution is 0.358. The number of anilines is 1. The largest absolute Gasteiger partial charge is 0.399 e. The maximum atomic E-state index is 14.2. The highest BCUT2D eigenvalue weighted by atomic mass is 79.9. The molecule has 7 heteroatoms. The first-order chi connectivity index (χ1) is 9.23. The average Bonchev–Trinajstić information content (AvgIpc) is 3.14. The van der Waals surface area contributed by atoms with E-state index in [2.05, 4.69) is 15.9 Å². The van der Waals surface area contributed by atoms with Gasteiger partial charge in [0.2, 0.25) is 10.0 Å². The highest BCUT2D eigenvalue weighted by Gasteiger charge is 2.39. The minimum atomic E-state index is -3.86. The van der Waals surface area contributed by atoms with Gasteiger partial charge in [-0.15, -0.1) is 0 Å². The minimum Gasteiger partial charge on any atom is -0.399 e. The summed E-state index contributed by atoms with van der Waals surface area (Å²) in [5, 5.41) is 0. The second-order valence-corrected chi connectivity index (χ2v) is 8.23. The molecule has 1 aliphatic carbocycles. The van der Waals surface area contributed by atoms with Crippen LogP contribution in [0.15, 0.2) is 21.5 Å². The lowest BCUT2D eigenvalue weighted by atomic mass is 10.2. The van der Waals surface area contributed by atoms with Crippen molar-refractivity contribution in [3.63, 3.8) is 0 Å². The van der Waals surface area contributed by atoms with E-state index in [0.29, 0.717) is 6.54 Å². The Morgan fingerprint density at radius 3 is 2.55 bits per heavy atom. The van der Waals surface area contributed by atoms with Crippen molar-refractivity contribution in [3.05, 3.63) is 22.4 Å². The standard InChI is InChI=1S/C13H18BrFN2O2S/c1-8(2)7-17(10-3-4-10)20(18,19)12-6-9(16)5-11(14)13(12)15/h5-6,8,10H,3-4,7,16H2,1-2H3. The molecule has 2 N–H and O–H groups in total. The number of hydrogen-bond donors (Lipinski definition) is 1. The Hall–Kier alpha value is -0.660. The molecule has 0 spiro atoms. The van der Waals surface area contributed by atoms with Gasteiger partial charge in [0.1, 0.15) is 4.90 Å². The summed E-state index contributed by atoms with van der Waals surface area (Å²) in [7, 11) is -3.86. The molecule has 1 aromatic carbocycles. The number of nitrogens with two attached hydrogens (primary N) is 1. The molecule has 112 valence electrons. The zero-order chi connectivity index (χ0) is 15.1. The zero-order valence-electron chi connectivity index (χ0n) is 11.4. The van der Waals surface area contributed by atoms with Crippen LogP contribution in [0.25, 0.3) is 0 Å². The van der Waals surface area contributed by atoms with Crippen LogP contribution in [0.2, 0.25) is 0 Å². The Labute approximate surface area is 127 Å². The maximum absolute atomic E-state index is 14.2. The summed E-state index contributed by atoms with van der Waals surface area (Å²) < 4.78 is 41.0. The molecule has 0 radical (unpaired) electrons. The van der Waals surface area contributed by atoms with Gasteiger partial charge in [-0.2, -0.15) is 4.31 Å². The fourth-order valence-electron chi connectivity index (χ4n) is 2.06. The van der Waals surface area contributed by atoms with Crippen LogP contribution in [0.4, 0.5) is 10.1 Å². The molecule has 1 saturated carbocycles. The number of halogens is 2. The highest BCUT2D eigenvalue weighted by molar-refractivity contribution is 9.10. The van der Waals surface area contributed by atoms with Crippen molar-refractivity contribution >= 4 is 31.6 Å². The van der Waals surface area contributed by atoms with E-state index in [1.165, 1.54) is 16.4 Å². The highest BCUT2D eigenvalue weighted by Crippen LogP contribution is 2.35. The van der Waals surface area contributed by atoms with Crippen LogP contribution in [0.3, 0.4) is 0 Å².